The largest absolute Gasteiger partial charge is 0.466 e. The Hall–Kier alpha value is -2.28. The van der Waals surface area contributed by atoms with Crippen LogP contribution in [-0.2, 0) is 0 Å². The van der Waals surface area contributed by atoms with Gasteiger partial charge in [0.2, 0.25) is 5.95 Å². The maximum absolute atomic E-state index is 11.5. The summed E-state index contributed by atoms with van der Waals surface area (Å²) >= 11 is 0. The van der Waals surface area contributed by atoms with Crippen molar-refractivity contribution in [3.8, 4) is 0 Å². The van der Waals surface area contributed by atoms with E-state index in [0.717, 1.165) is 50.7 Å². The van der Waals surface area contributed by atoms with Gasteiger partial charge < -0.3 is 15.1 Å². The molecule has 0 spiro atoms. The Balaban J connectivity index is 1.49. The normalized spacial score (nSPS) is 17.2. The topological polar surface area (TPSA) is 91.4 Å². The second-order valence-electron chi connectivity index (χ2n) is 6.46. The maximum Gasteiger partial charge on any atom is 0.254 e. The summed E-state index contributed by atoms with van der Waals surface area (Å²) in [4.78, 5) is 22.8. The quantitative estimate of drug-likeness (QED) is 0.864. The van der Waals surface area contributed by atoms with E-state index in [9.17, 15) is 4.79 Å². The zero-order valence-corrected chi connectivity index (χ0v) is 14.3. The van der Waals surface area contributed by atoms with Crippen LogP contribution >= 0.6 is 0 Å². The molecule has 1 atom stereocenters. The van der Waals surface area contributed by atoms with Gasteiger partial charge in [0.1, 0.15) is 17.3 Å². The molecule has 0 unspecified atom stereocenters. The molecule has 0 aromatic carbocycles. The predicted octanol–water partition coefficient (Wildman–Crippen LogP) is 1.57. The van der Waals surface area contributed by atoms with Crippen molar-refractivity contribution in [1.82, 2.24) is 14.9 Å². The second kappa shape index (κ2) is 7.09. The highest BCUT2D eigenvalue weighted by Gasteiger charge is 2.20. The molecule has 1 fully saturated rings. The molecule has 3 rings (SSSR count). The Morgan fingerprint density at radius 3 is 2.71 bits per heavy atom. The molecule has 1 aliphatic rings. The molecule has 130 valence electrons. The summed E-state index contributed by atoms with van der Waals surface area (Å²) in [6.45, 7) is 8.84. The minimum absolute atomic E-state index is 0.169. The smallest absolute Gasteiger partial charge is 0.254 e. The highest BCUT2D eigenvalue weighted by Crippen LogP contribution is 2.22. The van der Waals surface area contributed by atoms with Crippen LogP contribution in [0.1, 0.15) is 30.8 Å². The Morgan fingerprint density at radius 1 is 1.33 bits per heavy atom. The van der Waals surface area contributed by atoms with Crippen LogP contribution in [0.4, 0.5) is 11.8 Å². The van der Waals surface area contributed by atoms with Crippen LogP contribution in [0.15, 0.2) is 27.4 Å². The number of H-pyrrole nitrogens is 1. The zero-order valence-electron chi connectivity index (χ0n) is 14.3. The van der Waals surface area contributed by atoms with Gasteiger partial charge in [-0.3, -0.25) is 14.7 Å². The highest BCUT2D eigenvalue weighted by molar-refractivity contribution is 5.41. The van der Waals surface area contributed by atoms with E-state index in [0.29, 0.717) is 11.7 Å². The maximum atomic E-state index is 11.5. The fourth-order valence-corrected chi connectivity index (χ4v) is 3.06. The lowest BCUT2D eigenvalue weighted by Gasteiger charge is -2.35. The average Bonchev–Trinajstić information content (AvgIpc) is 2.99. The van der Waals surface area contributed by atoms with Crippen molar-refractivity contribution < 1.29 is 4.42 Å². The molecule has 0 aliphatic carbocycles. The van der Waals surface area contributed by atoms with Crippen LogP contribution in [0, 0.1) is 6.92 Å². The number of nitrogens with one attached hydrogen (secondary N) is 1. The van der Waals surface area contributed by atoms with Gasteiger partial charge >= 0.3 is 0 Å². The molecule has 7 heteroatoms. The SMILES string of the molecule is Cc1ccc([C@@H](C)CCN2CCN(c3cc(=O)[nH]c(N)n3)CC2)o1. The number of piperazine rings is 1. The van der Waals surface area contributed by atoms with Crippen molar-refractivity contribution in [3.05, 3.63) is 40.1 Å². The van der Waals surface area contributed by atoms with E-state index in [4.69, 9.17) is 10.2 Å². The summed E-state index contributed by atoms with van der Waals surface area (Å²) in [5.74, 6) is 3.29. The van der Waals surface area contributed by atoms with Crippen molar-refractivity contribution in [2.75, 3.05) is 43.4 Å². The lowest BCUT2D eigenvalue weighted by molar-refractivity contribution is 0.245. The van der Waals surface area contributed by atoms with Crippen LogP contribution in [-0.4, -0.2) is 47.6 Å². The van der Waals surface area contributed by atoms with Gasteiger partial charge in [-0.2, -0.15) is 4.98 Å². The van der Waals surface area contributed by atoms with E-state index in [1.165, 1.54) is 6.07 Å². The highest BCUT2D eigenvalue weighted by atomic mass is 16.3. The third-order valence-electron chi connectivity index (χ3n) is 4.57. The standard InChI is InChI=1S/C17H25N5O2/c1-12(14-4-3-13(2)24-14)5-6-21-7-9-22(10-8-21)15-11-16(23)20-17(18)19-15/h3-4,11-12H,5-10H2,1-2H3,(H3,18,19,20,23)/t12-/m0/s1. The second-order valence-corrected chi connectivity index (χ2v) is 6.46. The molecule has 0 bridgehead atoms. The van der Waals surface area contributed by atoms with Crippen molar-refractivity contribution in [1.29, 1.82) is 0 Å². The van der Waals surface area contributed by atoms with Gasteiger partial charge in [-0.15, -0.1) is 0 Å². The number of nitrogens with zero attached hydrogens (tertiary/aromatic N) is 3. The molecule has 1 saturated heterocycles. The summed E-state index contributed by atoms with van der Waals surface area (Å²) < 4.78 is 5.70. The molecule has 1 aliphatic heterocycles. The fourth-order valence-electron chi connectivity index (χ4n) is 3.06. The zero-order chi connectivity index (χ0) is 17.1. The average molecular weight is 331 g/mol. The summed E-state index contributed by atoms with van der Waals surface area (Å²) in [5.41, 5.74) is 5.41. The van der Waals surface area contributed by atoms with Crippen molar-refractivity contribution >= 4 is 11.8 Å². The number of furan rings is 1. The van der Waals surface area contributed by atoms with Crippen molar-refractivity contribution in [2.45, 2.75) is 26.2 Å². The first-order valence-corrected chi connectivity index (χ1v) is 8.42. The van der Waals surface area contributed by atoms with E-state index in [1.54, 1.807) is 0 Å². The molecule has 3 N–H and O–H groups in total. The number of nitrogens with two attached hydrogens (primary N) is 1. The predicted molar refractivity (Wildman–Crippen MR) is 94.4 cm³/mol. The van der Waals surface area contributed by atoms with E-state index < -0.39 is 0 Å². The lowest BCUT2D eigenvalue weighted by Crippen LogP contribution is -2.47. The van der Waals surface area contributed by atoms with Gasteiger partial charge in [-0.25, -0.2) is 0 Å². The molecule has 3 heterocycles. The first-order valence-electron chi connectivity index (χ1n) is 8.42. The summed E-state index contributed by atoms with van der Waals surface area (Å²) in [6, 6.07) is 5.60. The Morgan fingerprint density at radius 2 is 2.08 bits per heavy atom. The number of hydrogen-bond acceptors (Lipinski definition) is 6. The molecule has 24 heavy (non-hydrogen) atoms. The van der Waals surface area contributed by atoms with Crippen molar-refractivity contribution in [3.63, 3.8) is 0 Å². The van der Waals surface area contributed by atoms with Crippen LogP contribution in [0.2, 0.25) is 0 Å². The van der Waals surface area contributed by atoms with Gasteiger partial charge in [0.05, 0.1) is 0 Å². The van der Waals surface area contributed by atoms with Gasteiger partial charge in [0.15, 0.2) is 0 Å². The number of aromatic nitrogens is 2. The number of aromatic amines is 1. The summed E-state index contributed by atoms with van der Waals surface area (Å²) in [6.07, 6.45) is 1.07. The molecule has 2 aromatic heterocycles. The monoisotopic (exact) mass is 331 g/mol. The summed E-state index contributed by atoms with van der Waals surface area (Å²) in [7, 11) is 0. The molecule has 0 amide bonds. The molecular weight excluding hydrogens is 306 g/mol. The third-order valence-corrected chi connectivity index (χ3v) is 4.57. The van der Waals surface area contributed by atoms with Gasteiger partial charge in [-0.1, -0.05) is 6.92 Å². The number of aryl methyl sites for hydroxylation is 1. The van der Waals surface area contributed by atoms with E-state index in [-0.39, 0.29) is 11.5 Å². The van der Waals surface area contributed by atoms with Crippen LogP contribution in [0.25, 0.3) is 0 Å². The Bertz CT molecular complexity index is 731. The van der Waals surface area contributed by atoms with Crippen LogP contribution in [0.3, 0.4) is 0 Å². The fraction of sp³-hybridized carbons (Fsp3) is 0.529. The van der Waals surface area contributed by atoms with E-state index in [1.807, 2.05) is 13.0 Å². The van der Waals surface area contributed by atoms with E-state index in [2.05, 4.69) is 32.8 Å². The third kappa shape index (κ3) is 3.97. The number of anilines is 2. The minimum atomic E-state index is -0.206. The first kappa shape index (κ1) is 16.6. The Kier molecular flexibility index (Phi) is 4.89. The number of hydrogen-bond donors (Lipinski definition) is 2. The number of rotatable bonds is 5. The minimum Gasteiger partial charge on any atom is -0.466 e. The Labute approximate surface area is 141 Å². The van der Waals surface area contributed by atoms with Crippen LogP contribution in [0.5, 0.6) is 0 Å². The molecule has 0 saturated carbocycles. The van der Waals surface area contributed by atoms with E-state index >= 15 is 0 Å². The molecule has 0 radical (unpaired) electrons. The molecule has 7 nitrogen and oxygen atoms in total. The molecule has 2 aromatic rings. The first-order chi connectivity index (χ1) is 11.5. The van der Waals surface area contributed by atoms with Gasteiger partial charge in [-0.05, 0) is 32.0 Å². The van der Waals surface area contributed by atoms with Crippen molar-refractivity contribution in [2.24, 2.45) is 0 Å². The van der Waals surface area contributed by atoms with Gasteiger partial charge in [0.25, 0.3) is 5.56 Å². The lowest BCUT2D eigenvalue weighted by atomic mass is 10.0. The summed E-state index contributed by atoms with van der Waals surface area (Å²) in [5, 5.41) is 0. The van der Waals surface area contributed by atoms with Gasteiger partial charge in [0, 0.05) is 38.2 Å². The molecular formula is C17H25N5O2. The number of nitrogen functional groups attached to an aromatic ring is 1. The van der Waals surface area contributed by atoms with Crippen LogP contribution < -0.4 is 16.2 Å².